The molecule has 1 aliphatic rings. The van der Waals surface area contributed by atoms with E-state index >= 15 is 0 Å². The summed E-state index contributed by atoms with van der Waals surface area (Å²) in [6.45, 7) is 4.52. The molecule has 2 heterocycles. The molecule has 8 nitrogen and oxygen atoms in total. The van der Waals surface area contributed by atoms with Crippen LogP contribution in [-0.2, 0) is 6.54 Å². The molecule has 1 aromatic heterocycles. The van der Waals surface area contributed by atoms with Crippen LogP contribution in [0.15, 0.2) is 47.0 Å². The van der Waals surface area contributed by atoms with Gasteiger partial charge < -0.3 is 23.6 Å². The van der Waals surface area contributed by atoms with E-state index < -0.39 is 0 Å². The largest absolute Gasteiger partial charge is 0.497 e. The summed E-state index contributed by atoms with van der Waals surface area (Å²) >= 11 is 0. The van der Waals surface area contributed by atoms with Crippen molar-refractivity contribution >= 4 is 5.69 Å². The first-order valence-electron chi connectivity index (χ1n) is 10.4. The molecule has 8 heteroatoms. The highest BCUT2D eigenvalue weighted by Gasteiger charge is 2.19. The van der Waals surface area contributed by atoms with Crippen molar-refractivity contribution in [2.45, 2.75) is 13.0 Å². The predicted octanol–water partition coefficient (Wildman–Crippen LogP) is 3.47. The molecule has 0 bridgehead atoms. The Labute approximate surface area is 182 Å². The second-order valence-corrected chi connectivity index (χ2v) is 7.40. The summed E-state index contributed by atoms with van der Waals surface area (Å²) in [6.07, 6.45) is 1.07. The number of nitrogens with zero attached hydrogens (tertiary/aromatic N) is 4. The molecule has 0 saturated carbocycles. The lowest BCUT2D eigenvalue weighted by atomic mass is 10.2. The molecule has 0 unspecified atom stereocenters. The number of hydrogen-bond acceptors (Lipinski definition) is 8. The SMILES string of the molecule is COc1ccc(N2CCCN(Cc3nc(-c4ccc(OC)c(OC)c4)no3)CC2)cc1. The standard InChI is InChI=1S/C23H28N4O4/c1-28-19-8-6-18(7-9-19)27-12-4-11-26(13-14-27)16-22-24-23(25-31-22)17-5-10-20(29-2)21(15-17)30-3/h5-10,15H,4,11-14,16H2,1-3H3. The van der Waals surface area contributed by atoms with E-state index in [0.717, 1.165) is 43.9 Å². The Balaban J connectivity index is 1.38. The number of benzene rings is 2. The zero-order valence-corrected chi connectivity index (χ0v) is 18.2. The van der Waals surface area contributed by atoms with Crippen molar-refractivity contribution in [1.82, 2.24) is 15.0 Å². The Morgan fingerprint density at radius 1 is 0.871 bits per heavy atom. The van der Waals surface area contributed by atoms with Crippen molar-refractivity contribution in [1.29, 1.82) is 0 Å². The van der Waals surface area contributed by atoms with Gasteiger partial charge >= 0.3 is 0 Å². The first-order valence-corrected chi connectivity index (χ1v) is 10.4. The van der Waals surface area contributed by atoms with E-state index in [1.54, 1.807) is 21.3 Å². The number of anilines is 1. The topological polar surface area (TPSA) is 73.1 Å². The summed E-state index contributed by atoms with van der Waals surface area (Å²) in [4.78, 5) is 9.35. The minimum absolute atomic E-state index is 0.547. The molecular formula is C23H28N4O4. The van der Waals surface area contributed by atoms with Crippen LogP contribution in [0.3, 0.4) is 0 Å². The first-order chi connectivity index (χ1) is 15.2. The van der Waals surface area contributed by atoms with Crippen molar-refractivity contribution in [2.75, 3.05) is 52.4 Å². The zero-order chi connectivity index (χ0) is 21.6. The van der Waals surface area contributed by atoms with Gasteiger partial charge in [-0.05, 0) is 48.9 Å². The van der Waals surface area contributed by atoms with Crippen LogP contribution in [0.4, 0.5) is 5.69 Å². The molecule has 0 aliphatic carbocycles. The number of rotatable bonds is 7. The third-order valence-corrected chi connectivity index (χ3v) is 5.49. The van der Waals surface area contributed by atoms with Crippen LogP contribution in [-0.4, -0.2) is 62.5 Å². The molecule has 2 aromatic carbocycles. The third-order valence-electron chi connectivity index (χ3n) is 5.49. The molecule has 1 fully saturated rings. The Hall–Kier alpha value is -3.26. The molecule has 31 heavy (non-hydrogen) atoms. The average Bonchev–Trinajstić information content (AvgIpc) is 3.16. The van der Waals surface area contributed by atoms with E-state index in [-0.39, 0.29) is 0 Å². The number of hydrogen-bond donors (Lipinski definition) is 0. The fourth-order valence-corrected chi connectivity index (χ4v) is 3.78. The number of aromatic nitrogens is 2. The summed E-state index contributed by atoms with van der Waals surface area (Å²) in [5.41, 5.74) is 2.05. The van der Waals surface area contributed by atoms with Gasteiger partial charge in [-0.25, -0.2) is 0 Å². The van der Waals surface area contributed by atoms with Gasteiger partial charge in [0.1, 0.15) is 5.75 Å². The lowest BCUT2D eigenvalue weighted by Gasteiger charge is -2.23. The molecule has 3 aromatic rings. The van der Waals surface area contributed by atoms with E-state index in [2.05, 4.69) is 32.1 Å². The van der Waals surface area contributed by atoms with Gasteiger partial charge in [-0.3, -0.25) is 4.90 Å². The summed E-state index contributed by atoms with van der Waals surface area (Å²) in [5.74, 6) is 3.34. The van der Waals surface area contributed by atoms with E-state index in [1.165, 1.54) is 5.69 Å². The zero-order valence-electron chi connectivity index (χ0n) is 18.2. The highest BCUT2D eigenvalue weighted by Crippen LogP contribution is 2.31. The monoisotopic (exact) mass is 424 g/mol. The van der Waals surface area contributed by atoms with Crippen LogP contribution in [0, 0.1) is 0 Å². The van der Waals surface area contributed by atoms with E-state index in [1.807, 2.05) is 30.3 Å². The Kier molecular flexibility index (Phi) is 6.57. The summed E-state index contributed by atoms with van der Waals surface area (Å²) in [6, 6.07) is 13.8. The van der Waals surface area contributed by atoms with Gasteiger partial charge in [0.25, 0.3) is 0 Å². The normalized spacial score (nSPS) is 14.9. The van der Waals surface area contributed by atoms with Gasteiger partial charge in [0.2, 0.25) is 11.7 Å². The van der Waals surface area contributed by atoms with Crippen LogP contribution < -0.4 is 19.1 Å². The van der Waals surface area contributed by atoms with Crippen molar-refractivity contribution in [2.24, 2.45) is 0 Å². The number of ether oxygens (including phenoxy) is 3. The quantitative estimate of drug-likeness (QED) is 0.571. The van der Waals surface area contributed by atoms with Crippen molar-refractivity contribution in [3.05, 3.63) is 48.4 Å². The lowest BCUT2D eigenvalue weighted by molar-refractivity contribution is 0.239. The van der Waals surface area contributed by atoms with Gasteiger partial charge in [0.15, 0.2) is 11.5 Å². The fourth-order valence-electron chi connectivity index (χ4n) is 3.78. The molecule has 1 aliphatic heterocycles. The second-order valence-electron chi connectivity index (χ2n) is 7.40. The lowest BCUT2D eigenvalue weighted by Crippen LogP contribution is -2.30. The smallest absolute Gasteiger partial charge is 0.241 e. The van der Waals surface area contributed by atoms with Crippen molar-refractivity contribution < 1.29 is 18.7 Å². The van der Waals surface area contributed by atoms with Crippen molar-refractivity contribution in [3.63, 3.8) is 0 Å². The van der Waals surface area contributed by atoms with Crippen molar-refractivity contribution in [3.8, 4) is 28.6 Å². The molecule has 4 rings (SSSR count). The molecule has 0 amide bonds. The van der Waals surface area contributed by atoms with E-state index in [9.17, 15) is 0 Å². The minimum Gasteiger partial charge on any atom is -0.497 e. The van der Waals surface area contributed by atoms with Gasteiger partial charge in [-0.1, -0.05) is 5.16 Å². The summed E-state index contributed by atoms with van der Waals surface area (Å²) in [7, 11) is 4.91. The molecule has 0 N–H and O–H groups in total. The van der Waals surface area contributed by atoms with Gasteiger partial charge in [0, 0.05) is 37.4 Å². The fraction of sp³-hybridized carbons (Fsp3) is 0.391. The predicted molar refractivity (Wildman–Crippen MR) is 118 cm³/mol. The molecule has 1 saturated heterocycles. The maximum absolute atomic E-state index is 5.53. The Morgan fingerprint density at radius 2 is 1.68 bits per heavy atom. The summed E-state index contributed by atoms with van der Waals surface area (Å²) < 4.78 is 21.4. The molecule has 0 spiro atoms. The van der Waals surface area contributed by atoms with Gasteiger partial charge in [-0.2, -0.15) is 4.98 Å². The van der Waals surface area contributed by atoms with Gasteiger partial charge in [-0.15, -0.1) is 0 Å². The Bertz CT molecular complexity index is 989. The average molecular weight is 425 g/mol. The highest BCUT2D eigenvalue weighted by molar-refractivity contribution is 5.60. The van der Waals surface area contributed by atoms with E-state index in [4.69, 9.17) is 18.7 Å². The molecule has 164 valence electrons. The number of methoxy groups -OCH3 is 3. The molecule has 0 radical (unpaired) electrons. The highest BCUT2D eigenvalue weighted by atomic mass is 16.5. The summed E-state index contributed by atoms with van der Waals surface area (Å²) in [5, 5.41) is 4.15. The van der Waals surface area contributed by atoms with Crippen LogP contribution in [0.5, 0.6) is 17.2 Å². The third kappa shape index (κ3) is 4.91. The molecule has 0 atom stereocenters. The van der Waals surface area contributed by atoms with Crippen LogP contribution in [0.1, 0.15) is 12.3 Å². The van der Waals surface area contributed by atoms with Gasteiger partial charge in [0.05, 0.1) is 27.9 Å². The van der Waals surface area contributed by atoms with Crippen LogP contribution >= 0.6 is 0 Å². The Morgan fingerprint density at radius 3 is 2.42 bits per heavy atom. The molecular weight excluding hydrogens is 396 g/mol. The maximum Gasteiger partial charge on any atom is 0.241 e. The van der Waals surface area contributed by atoms with Crippen LogP contribution in [0.25, 0.3) is 11.4 Å². The van der Waals surface area contributed by atoms with Crippen LogP contribution in [0.2, 0.25) is 0 Å². The van der Waals surface area contributed by atoms with E-state index in [0.29, 0.717) is 29.8 Å². The maximum atomic E-state index is 5.53. The first kappa shape index (κ1) is 21.0. The minimum atomic E-state index is 0.547. The second kappa shape index (κ2) is 9.70.